The molecule has 0 radical (unpaired) electrons. The van der Waals surface area contributed by atoms with Crippen LogP contribution in [0.25, 0.3) is 0 Å². The van der Waals surface area contributed by atoms with Crippen LogP contribution in [-0.4, -0.2) is 17.8 Å². The fourth-order valence-corrected chi connectivity index (χ4v) is 3.11. The molecule has 1 aliphatic heterocycles. The van der Waals surface area contributed by atoms with Crippen molar-refractivity contribution in [1.82, 2.24) is 0 Å². The van der Waals surface area contributed by atoms with Crippen molar-refractivity contribution in [2.75, 3.05) is 0 Å². The summed E-state index contributed by atoms with van der Waals surface area (Å²) in [7, 11) is 0. The van der Waals surface area contributed by atoms with E-state index in [1.165, 1.54) is 5.56 Å². The minimum absolute atomic E-state index is 0.191. The van der Waals surface area contributed by atoms with Crippen molar-refractivity contribution in [3.63, 3.8) is 0 Å². The Hall–Kier alpha value is -1.12. The Labute approximate surface area is 109 Å². The second-order valence-corrected chi connectivity index (χ2v) is 5.52. The summed E-state index contributed by atoms with van der Waals surface area (Å²) in [6.45, 7) is 4.99. The quantitative estimate of drug-likeness (QED) is 0.759. The van der Waals surface area contributed by atoms with Crippen LogP contribution in [0.3, 0.4) is 0 Å². The molecule has 18 heavy (non-hydrogen) atoms. The first kappa shape index (κ1) is 11.9. The highest BCUT2D eigenvalue weighted by atomic mass is 16.6. The Morgan fingerprint density at radius 1 is 1.28 bits per heavy atom. The third kappa shape index (κ3) is 2.00. The largest absolute Gasteiger partial charge is 0.371 e. The van der Waals surface area contributed by atoms with Gasteiger partial charge in [0.15, 0.2) is 0 Å². The van der Waals surface area contributed by atoms with Gasteiger partial charge in [0.1, 0.15) is 5.60 Å². The van der Waals surface area contributed by atoms with E-state index in [1.54, 1.807) is 0 Å². The molecule has 1 aromatic carbocycles. The zero-order valence-electron chi connectivity index (χ0n) is 11.0. The van der Waals surface area contributed by atoms with Crippen LogP contribution in [0.1, 0.15) is 25.8 Å². The first-order chi connectivity index (χ1) is 8.70. The van der Waals surface area contributed by atoms with E-state index in [-0.39, 0.29) is 17.8 Å². The van der Waals surface area contributed by atoms with E-state index in [0.29, 0.717) is 12.5 Å². The maximum Gasteiger partial charge on any atom is 0.116 e. The molecule has 1 heterocycles. The summed E-state index contributed by atoms with van der Waals surface area (Å²) >= 11 is 0. The average Bonchev–Trinajstić information content (AvgIpc) is 2.86. The summed E-state index contributed by atoms with van der Waals surface area (Å²) < 4.78 is 12.2. The van der Waals surface area contributed by atoms with Gasteiger partial charge >= 0.3 is 0 Å². The third-order valence-corrected chi connectivity index (χ3v) is 3.98. The van der Waals surface area contributed by atoms with Crippen LogP contribution in [0.4, 0.5) is 0 Å². The summed E-state index contributed by atoms with van der Waals surface area (Å²) in [6.07, 6.45) is 5.89. The van der Waals surface area contributed by atoms with Gasteiger partial charge in [-0.2, -0.15) is 0 Å². The lowest BCUT2D eigenvalue weighted by molar-refractivity contribution is -0.0763. The number of benzene rings is 1. The molecule has 2 heteroatoms. The molecule has 96 valence electrons. The van der Waals surface area contributed by atoms with Gasteiger partial charge in [-0.1, -0.05) is 49.4 Å². The summed E-state index contributed by atoms with van der Waals surface area (Å²) in [6, 6.07) is 10.3. The summed E-state index contributed by atoms with van der Waals surface area (Å²) in [5.74, 6) is 0.450. The molecular weight excluding hydrogens is 224 g/mol. The molecule has 0 spiro atoms. The van der Waals surface area contributed by atoms with Gasteiger partial charge in [0.05, 0.1) is 18.8 Å². The maximum atomic E-state index is 6.23. The Morgan fingerprint density at radius 2 is 2.06 bits per heavy atom. The molecular formula is C16H20O2. The van der Waals surface area contributed by atoms with Crippen LogP contribution >= 0.6 is 0 Å². The normalized spacial score (nSPS) is 38.0. The van der Waals surface area contributed by atoms with Crippen LogP contribution in [0.2, 0.25) is 0 Å². The molecule has 1 saturated heterocycles. The van der Waals surface area contributed by atoms with Gasteiger partial charge in [0.25, 0.3) is 0 Å². The van der Waals surface area contributed by atoms with Crippen LogP contribution in [0, 0.1) is 5.92 Å². The number of ether oxygens (including phenoxy) is 2. The zero-order chi connectivity index (χ0) is 12.6. The predicted octanol–water partition coefficient (Wildman–Crippen LogP) is 3.33. The number of hydrogen-bond donors (Lipinski definition) is 0. The lowest BCUT2D eigenvalue weighted by Gasteiger charge is -2.28. The molecule has 0 amide bonds. The lowest BCUT2D eigenvalue weighted by Crippen LogP contribution is -2.38. The highest BCUT2D eigenvalue weighted by Gasteiger charge is 2.51. The van der Waals surface area contributed by atoms with Crippen molar-refractivity contribution < 1.29 is 9.47 Å². The van der Waals surface area contributed by atoms with Crippen LogP contribution in [0.15, 0.2) is 42.5 Å². The van der Waals surface area contributed by atoms with Gasteiger partial charge in [-0.15, -0.1) is 0 Å². The maximum absolute atomic E-state index is 6.23. The molecule has 0 unspecified atom stereocenters. The first-order valence-electron chi connectivity index (χ1n) is 6.72. The van der Waals surface area contributed by atoms with Gasteiger partial charge in [-0.3, -0.25) is 0 Å². The van der Waals surface area contributed by atoms with Crippen molar-refractivity contribution in [2.24, 2.45) is 5.92 Å². The SMILES string of the molecule is C[C@@H]1C=C[C@]2(OCc3ccccc3)C[C@H](C)O[C@H]12. The molecule has 1 fully saturated rings. The molecule has 0 N–H and O–H groups in total. The van der Waals surface area contributed by atoms with E-state index in [2.05, 4.69) is 50.3 Å². The second kappa shape index (κ2) is 4.52. The smallest absolute Gasteiger partial charge is 0.116 e. The molecule has 2 aliphatic rings. The average molecular weight is 244 g/mol. The van der Waals surface area contributed by atoms with Gasteiger partial charge in [-0.25, -0.2) is 0 Å². The molecule has 1 aliphatic carbocycles. The topological polar surface area (TPSA) is 18.5 Å². The highest BCUT2D eigenvalue weighted by Crippen LogP contribution is 2.44. The fourth-order valence-electron chi connectivity index (χ4n) is 3.11. The van der Waals surface area contributed by atoms with Gasteiger partial charge in [0, 0.05) is 12.3 Å². The van der Waals surface area contributed by atoms with Crippen molar-refractivity contribution in [2.45, 2.75) is 44.7 Å². The standard InChI is InChI=1S/C16H20O2/c1-12-8-9-16(10-13(2)18-15(12)16)17-11-14-6-4-3-5-7-14/h3-9,12-13,15H,10-11H2,1-2H3/t12-,13+,15-,16+/m1/s1. The Balaban J connectivity index is 1.73. The summed E-state index contributed by atoms with van der Waals surface area (Å²) in [5, 5.41) is 0. The Kier molecular flexibility index (Phi) is 3.00. The van der Waals surface area contributed by atoms with Crippen molar-refractivity contribution in [3.05, 3.63) is 48.0 Å². The lowest BCUT2D eigenvalue weighted by atomic mass is 9.93. The summed E-state index contributed by atoms with van der Waals surface area (Å²) in [5.41, 5.74) is 1.02. The number of rotatable bonds is 3. The zero-order valence-corrected chi connectivity index (χ0v) is 11.0. The molecule has 0 aromatic heterocycles. The third-order valence-electron chi connectivity index (χ3n) is 3.98. The Morgan fingerprint density at radius 3 is 2.83 bits per heavy atom. The molecule has 0 saturated carbocycles. The molecule has 2 nitrogen and oxygen atoms in total. The molecule has 1 aromatic rings. The van der Waals surface area contributed by atoms with E-state index in [1.807, 2.05) is 6.07 Å². The van der Waals surface area contributed by atoms with Crippen LogP contribution < -0.4 is 0 Å². The number of hydrogen-bond acceptors (Lipinski definition) is 2. The van der Waals surface area contributed by atoms with E-state index in [0.717, 1.165) is 6.42 Å². The number of fused-ring (bicyclic) bond motifs is 1. The predicted molar refractivity (Wildman–Crippen MR) is 71.2 cm³/mol. The van der Waals surface area contributed by atoms with E-state index < -0.39 is 0 Å². The van der Waals surface area contributed by atoms with Crippen molar-refractivity contribution in [3.8, 4) is 0 Å². The van der Waals surface area contributed by atoms with E-state index in [4.69, 9.17) is 9.47 Å². The van der Waals surface area contributed by atoms with E-state index in [9.17, 15) is 0 Å². The molecule has 3 rings (SSSR count). The minimum atomic E-state index is -0.200. The summed E-state index contributed by atoms with van der Waals surface area (Å²) in [4.78, 5) is 0. The van der Waals surface area contributed by atoms with Crippen molar-refractivity contribution in [1.29, 1.82) is 0 Å². The van der Waals surface area contributed by atoms with E-state index >= 15 is 0 Å². The van der Waals surface area contributed by atoms with Crippen molar-refractivity contribution >= 4 is 0 Å². The van der Waals surface area contributed by atoms with Gasteiger partial charge < -0.3 is 9.47 Å². The molecule has 0 bridgehead atoms. The highest BCUT2D eigenvalue weighted by molar-refractivity contribution is 5.22. The molecule has 4 atom stereocenters. The second-order valence-electron chi connectivity index (χ2n) is 5.52. The van der Waals surface area contributed by atoms with Gasteiger partial charge in [0.2, 0.25) is 0 Å². The van der Waals surface area contributed by atoms with Gasteiger partial charge in [-0.05, 0) is 12.5 Å². The monoisotopic (exact) mass is 244 g/mol. The first-order valence-corrected chi connectivity index (χ1v) is 6.72. The fraction of sp³-hybridized carbons (Fsp3) is 0.500. The van der Waals surface area contributed by atoms with Crippen LogP contribution in [-0.2, 0) is 16.1 Å². The minimum Gasteiger partial charge on any atom is -0.371 e. The van der Waals surface area contributed by atoms with Crippen LogP contribution in [0.5, 0.6) is 0 Å². The Bertz CT molecular complexity index is 440.